The Balaban J connectivity index is 1.63. The smallest absolute Gasteiger partial charge is 0.312 e. The minimum absolute atomic E-state index is 0.231. The van der Waals surface area contributed by atoms with Gasteiger partial charge < -0.3 is 24.0 Å². The van der Waals surface area contributed by atoms with Crippen molar-refractivity contribution in [2.75, 3.05) is 47.5 Å². The molecular formula is C26H30N4O6. The molecule has 0 N–H and O–H groups in total. The second kappa shape index (κ2) is 10.7. The second-order valence-corrected chi connectivity index (χ2v) is 8.46. The van der Waals surface area contributed by atoms with E-state index in [0.717, 1.165) is 22.6 Å². The van der Waals surface area contributed by atoms with Gasteiger partial charge >= 0.3 is 11.8 Å². The van der Waals surface area contributed by atoms with Crippen molar-refractivity contribution in [3.05, 3.63) is 53.6 Å². The minimum atomic E-state index is -0.669. The predicted octanol–water partition coefficient (Wildman–Crippen LogP) is 2.08. The van der Waals surface area contributed by atoms with Crippen LogP contribution in [0.1, 0.15) is 30.5 Å². The normalized spacial score (nSPS) is 17.8. The molecule has 0 aromatic heterocycles. The molecule has 4 rings (SSSR count). The number of rotatable bonds is 8. The van der Waals surface area contributed by atoms with Crippen LogP contribution in [-0.4, -0.2) is 85.8 Å². The first-order chi connectivity index (χ1) is 17.4. The summed E-state index contributed by atoms with van der Waals surface area (Å²) in [6.07, 6.45) is 0.462. The Bertz CT molecular complexity index is 1180. The van der Waals surface area contributed by atoms with Crippen molar-refractivity contribution >= 4 is 23.4 Å². The number of amides is 3. The molecule has 0 aliphatic carbocycles. The van der Waals surface area contributed by atoms with Crippen molar-refractivity contribution in [1.29, 1.82) is 0 Å². The highest BCUT2D eigenvalue weighted by Gasteiger charge is 2.37. The third kappa shape index (κ3) is 4.84. The molecule has 0 spiro atoms. The van der Waals surface area contributed by atoms with Crippen LogP contribution < -0.4 is 14.2 Å². The Kier molecular flexibility index (Phi) is 7.42. The van der Waals surface area contributed by atoms with Gasteiger partial charge in [0.05, 0.1) is 33.1 Å². The number of hydrogen-bond donors (Lipinski definition) is 0. The lowest BCUT2D eigenvalue weighted by atomic mass is 9.98. The van der Waals surface area contributed by atoms with Gasteiger partial charge in [-0.15, -0.1) is 0 Å². The molecule has 0 unspecified atom stereocenters. The van der Waals surface area contributed by atoms with Gasteiger partial charge in [0, 0.05) is 26.1 Å². The van der Waals surface area contributed by atoms with Crippen LogP contribution in [0.3, 0.4) is 0 Å². The second-order valence-electron chi connectivity index (χ2n) is 8.46. The quantitative estimate of drug-likeness (QED) is 0.521. The van der Waals surface area contributed by atoms with Crippen molar-refractivity contribution in [2.45, 2.75) is 19.4 Å². The van der Waals surface area contributed by atoms with E-state index >= 15 is 0 Å². The molecule has 1 atom stereocenters. The Labute approximate surface area is 210 Å². The Morgan fingerprint density at radius 2 is 1.58 bits per heavy atom. The van der Waals surface area contributed by atoms with Gasteiger partial charge in [-0.05, 0) is 54.4 Å². The minimum Gasteiger partial charge on any atom is -0.497 e. The maximum absolute atomic E-state index is 13.5. The molecule has 0 saturated carbocycles. The fraction of sp³-hybridized carbons (Fsp3) is 0.385. The van der Waals surface area contributed by atoms with Gasteiger partial charge in [-0.2, -0.15) is 5.10 Å². The summed E-state index contributed by atoms with van der Waals surface area (Å²) in [5.74, 6) is 0.207. The van der Waals surface area contributed by atoms with Crippen LogP contribution in [-0.2, 0) is 14.4 Å². The lowest BCUT2D eigenvalue weighted by Crippen LogP contribution is -2.56. The number of benzene rings is 2. The summed E-state index contributed by atoms with van der Waals surface area (Å²) in [5.41, 5.74) is 2.40. The number of hydrogen-bond acceptors (Lipinski definition) is 7. The first-order valence-corrected chi connectivity index (χ1v) is 11.7. The van der Waals surface area contributed by atoms with Gasteiger partial charge in [-0.3, -0.25) is 14.4 Å². The van der Waals surface area contributed by atoms with E-state index in [0.29, 0.717) is 37.6 Å². The van der Waals surface area contributed by atoms with Gasteiger partial charge in [-0.25, -0.2) is 5.01 Å². The van der Waals surface area contributed by atoms with Crippen LogP contribution >= 0.6 is 0 Å². The predicted molar refractivity (Wildman–Crippen MR) is 132 cm³/mol. The molecule has 2 heterocycles. The maximum Gasteiger partial charge on any atom is 0.312 e. The van der Waals surface area contributed by atoms with Crippen molar-refractivity contribution < 1.29 is 28.6 Å². The lowest BCUT2D eigenvalue weighted by Gasteiger charge is -2.33. The zero-order valence-electron chi connectivity index (χ0n) is 20.9. The molecule has 0 bridgehead atoms. The average Bonchev–Trinajstić information content (AvgIpc) is 3.36. The third-order valence-corrected chi connectivity index (χ3v) is 6.49. The van der Waals surface area contributed by atoms with Gasteiger partial charge in [0.1, 0.15) is 12.3 Å². The number of ether oxygens (including phenoxy) is 3. The number of hydrazone groups is 1. The molecule has 10 heteroatoms. The van der Waals surface area contributed by atoms with E-state index in [2.05, 4.69) is 5.10 Å². The highest BCUT2D eigenvalue weighted by molar-refractivity contribution is 6.35. The summed E-state index contributed by atoms with van der Waals surface area (Å²) in [7, 11) is 4.71. The molecule has 3 amide bonds. The van der Waals surface area contributed by atoms with Gasteiger partial charge in [0.2, 0.25) is 0 Å². The highest BCUT2D eigenvalue weighted by Crippen LogP contribution is 2.37. The molecule has 2 aliphatic rings. The number of carbonyl (C=O) groups is 3. The average molecular weight is 495 g/mol. The SMILES string of the molecule is CCN1CCN(CC(=O)N2N=C(c3ccc(OC)cc3)C[C@@H]2c2ccc(OC)c(OC)c2)C(=O)C1=O. The maximum atomic E-state index is 13.5. The number of likely N-dealkylation sites (N-methyl/N-ethyl adjacent to an activating group) is 1. The van der Waals surface area contributed by atoms with Crippen molar-refractivity contribution in [1.82, 2.24) is 14.8 Å². The monoisotopic (exact) mass is 494 g/mol. The summed E-state index contributed by atoms with van der Waals surface area (Å²) in [5, 5.41) is 6.07. The van der Waals surface area contributed by atoms with Crippen molar-refractivity contribution in [3.8, 4) is 17.2 Å². The summed E-state index contributed by atoms with van der Waals surface area (Å²) < 4.78 is 16.1. The summed E-state index contributed by atoms with van der Waals surface area (Å²) in [6, 6.07) is 12.5. The summed E-state index contributed by atoms with van der Waals surface area (Å²) in [6.45, 7) is 2.74. The van der Waals surface area contributed by atoms with Crippen LogP contribution in [0.4, 0.5) is 0 Å². The van der Waals surface area contributed by atoms with Gasteiger partial charge in [0.15, 0.2) is 11.5 Å². The number of carbonyl (C=O) groups excluding carboxylic acids is 3. The molecule has 1 saturated heterocycles. The van der Waals surface area contributed by atoms with Crippen molar-refractivity contribution in [2.24, 2.45) is 5.10 Å². The fourth-order valence-electron chi connectivity index (χ4n) is 4.42. The molecular weight excluding hydrogens is 464 g/mol. The van der Waals surface area contributed by atoms with E-state index in [1.165, 1.54) is 14.8 Å². The van der Waals surface area contributed by atoms with E-state index in [9.17, 15) is 14.4 Å². The van der Waals surface area contributed by atoms with E-state index < -0.39 is 17.9 Å². The molecule has 190 valence electrons. The Morgan fingerprint density at radius 3 is 2.22 bits per heavy atom. The van der Waals surface area contributed by atoms with Crippen LogP contribution in [0.5, 0.6) is 17.2 Å². The van der Waals surface area contributed by atoms with Crippen LogP contribution in [0, 0.1) is 0 Å². The Hall–Kier alpha value is -4.08. The van der Waals surface area contributed by atoms with E-state index in [1.807, 2.05) is 43.3 Å². The largest absolute Gasteiger partial charge is 0.497 e. The molecule has 0 radical (unpaired) electrons. The number of piperazine rings is 1. The fourth-order valence-corrected chi connectivity index (χ4v) is 4.42. The highest BCUT2D eigenvalue weighted by atomic mass is 16.5. The first kappa shape index (κ1) is 25.0. The standard InChI is InChI=1S/C26H30N4O6/c1-5-28-12-13-29(26(33)25(28)32)16-24(31)30-21(18-8-11-22(35-3)23(14-18)36-4)15-20(27-30)17-6-9-19(34-2)10-7-17/h6-11,14,21H,5,12-13,15-16H2,1-4H3/t21-/m1/s1. The summed E-state index contributed by atoms with van der Waals surface area (Å²) >= 11 is 0. The van der Waals surface area contributed by atoms with Gasteiger partial charge in [0.25, 0.3) is 5.91 Å². The topological polar surface area (TPSA) is 101 Å². The van der Waals surface area contributed by atoms with E-state index in [-0.39, 0.29) is 12.5 Å². The molecule has 10 nitrogen and oxygen atoms in total. The number of nitrogens with zero attached hydrogens (tertiary/aromatic N) is 4. The third-order valence-electron chi connectivity index (χ3n) is 6.49. The zero-order valence-corrected chi connectivity index (χ0v) is 20.9. The molecule has 2 aliphatic heterocycles. The van der Waals surface area contributed by atoms with E-state index in [1.54, 1.807) is 27.4 Å². The van der Waals surface area contributed by atoms with Crippen LogP contribution in [0.25, 0.3) is 0 Å². The van der Waals surface area contributed by atoms with Crippen LogP contribution in [0.15, 0.2) is 47.6 Å². The first-order valence-electron chi connectivity index (χ1n) is 11.7. The van der Waals surface area contributed by atoms with Gasteiger partial charge in [-0.1, -0.05) is 6.07 Å². The number of methoxy groups -OCH3 is 3. The van der Waals surface area contributed by atoms with Crippen LogP contribution in [0.2, 0.25) is 0 Å². The Morgan fingerprint density at radius 1 is 0.917 bits per heavy atom. The molecule has 36 heavy (non-hydrogen) atoms. The molecule has 2 aromatic rings. The zero-order chi connectivity index (χ0) is 25.8. The molecule has 2 aromatic carbocycles. The summed E-state index contributed by atoms with van der Waals surface area (Å²) in [4.78, 5) is 41.2. The van der Waals surface area contributed by atoms with Crippen molar-refractivity contribution in [3.63, 3.8) is 0 Å². The molecule has 1 fully saturated rings. The lowest BCUT2D eigenvalue weighted by molar-refractivity contribution is -0.157. The van der Waals surface area contributed by atoms with E-state index in [4.69, 9.17) is 14.2 Å².